The van der Waals surface area contributed by atoms with Gasteiger partial charge < -0.3 is 15.0 Å². The van der Waals surface area contributed by atoms with Gasteiger partial charge in [0, 0.05) is 17.1 Å². The quantitative estimate of drug-likeness (QED) is 0.240. The van der Waals surface area contributed by atoms with Crippen molar-refractivity contribution < 1.29 is 22.7 Å². The normalized spacial score (nSPS) is 14.5. The van der Waals surface area contributed by atoms with Crippen molar-refractivity contribution in [1.82, 2.24) is 10.2 Å². The molecule has 0 aromatic heterocycles. The largest absolute Gasteiger partial charge is 0.496 e. The van der Waals surface area contributed by atoms with Gasteiger partial charge in [0.2, 0.25) is 11.8 Å². The maximum atomic E-state index is 14.1. The number of rotatable bonds is 11. The van der Waals surface area contributed by atoms with E-state index in [9.17, 15) is 18.0 Å². The van der Waals surface area contributed by atoms with Crippen molar-refractivity contribution in [2.45, 2.75) is 69.5 Å². The number of carbonyl (C=O) groups is 2. The van der Waals surface area contributed by atoms with Crippen LogP contribution in [0.5, 0.6) is 5.75 Å². The highest BCUT2D eigenvalue weighted by Crippen LogP contribution is 2.31. The van der Waals surface area contributed by atoms with Gasteiger partial charge in [0.15, 0.2) is 0 Å². The molecule has 1 atom stereocenters. The number of benzene rings is 3. The average Bonchev–Trinajstić information content (AvgIpc) is 3.00. The van der Waals surface area contributed by atoms with Gasteiger partial charge in [-0.2, -0.15) is 0 Å². The van der Waals surface area contributed by atoms with Gasteiger partial charge in [-0.1, -0.05) is 65.0 Å². The van der Waals surface area contributed by atoms with E-state index in [0.29, 0.717) is 15.9 Å². The molecular weight excluding hydrogens is 698 g/mol. The summed E-state index contributed by atoms with van der Waals surface area (Å²) in [6, 6.07) is 18.2. The third-order valence-corrected chi connectivity index (χ3v) is 10.6. The minimum Gasteiger partial charge on any atom is -0.496 e. The fraction of sp³-hybridized carbons (Fsp3) is 0.375. The molecule has 0 saturated heterocycles. The van der Waals surface area contributed by atoms with Gasteiger partial charge >= 0.3 is 0 Å². The van der Waals surface area contributed by atoms with Crippen molar-refractivity contribution in [3.8, 4) is 5.75 Å². The SMILES string of the molecule is COc1ccc(S(=O)(=O)N(CC(=O)N(Cc2ccc(Br)cc2)[C@H](C)C(=O)NC2CCCCC2)c2ccc(C)cc2)cc1Br. The molecule has 0 aliphatic heterocycles. The number of ether oxygens (including phenoxy) is 1. The predicted molar refractivity (Wildman–Crippen MR) is 176 cm³/mol. The van der Waals surface area contributed by atoms with Gasteiger partial charge in [-0.25, -0.2) is 8.42 Å². The van der Waals surface area contributed by atoms with E-state index in [0.717, 1.165) is 52.0 Å². The number of halogens is 2. The van der Waals surface area contributed by atoms with Gasteiger partial charge in [-0.3, -0.25) is 13.9 Å². The van der Waals surface area contributed by atoms with Gasteiger partial charge in [0.25, 0.3) is 10.0 Å². The lowest BCUT2D eigenvalue weighted by Crippen LogP contribution is -2.53. The summed E-state index contributed by atoms with van der Waals surface area (Å²) in [5.41, 5.74) is 2.11. The average molecular weight is 736 g/mol. The van der Waals surface area contributed by atoms with Gasteiger partial charge in [0.05, 0.1) is 22.2 Å². The molecule has 1 fully saturated rings. The molecule has 2 amide bonds. The number of anilines is 1. The van der Waals surface area contributed by atoms with E-state index >= 15 is 0 Å². The molecule has 8 nitrogen and oxygen atoms in total. The molecule has 230 valence electrons. The highest BCUT2D eigenvalue weighted by molar-refractivity contribution is 9.10. The number of methoxy groups -OCH3 is 1. The van der Waals surface area contributed by atoms with Crippen LogP contribution in [0.4, 0.5) is 5.69 Å². The zero-order valence-electron chi connectivity index (χ0n) is 24.6. The number of nitrogens with one attached hydrogen (secondary N) is 1. The molecule has 43 heavy (non-hydrogen) atoms. The Bertz CT molecular complexity index is 1530. The molecule has 3 aromatic rings. The minimum absolute atomic E-state index is 0.00361. The van der Waals surface area contributed by atoms with E-state index in [1.54, 1.807) is 37.3 Å². The summed E-state index contributed by atoms with van der Waals surface area (Å²) < 4.78 is 35.9. The lowest BCUT2D eigenvalue weighted by atomic mass is 9.95. The number of sulfonamides is 1. The fourth-order valence-corrected chi connectivity index (χ4v) is 7.51. The molecule has 1 saturated carbocycles. The van der Waals surface area contributed by atoms with Crippen molar-refractivity contribution in [1.29, 1.82) is 0 Å². The third-order valence-electron chi connectivity index (χ3n) is 7.70. The Balaban J connectivity index is 1.68. The van der Waals surface area contributed by atoms with Crippen molar-refractivity contribution in [2.75, 3.05) is 18.0 Å². The topological polar surface area (TPSA) is 96.0 Å². The molecule has 0 unspecified atom stereocenters. The second kappa shape index (κ2) is 14.7. The fourth-order valence-electron chi connectivity index (χ4n) is 5.11. The van der Waals surface area contributed by atoms with Crippen LogP contribution in [0.15, 0.2) is 80.6 Å². The first-order valence-electron chi connectivity index (χ1n) is 14.3. The zero-order valence-corrected chi connectivity index (χ0v) is 28.5. The van der Waals surface area contributed by atoms with Crippen molar-refractivity contribution in [3.63, 3.8) is 0 Å². The summed E-state index contributed by atoms with van der Waals surface area (Å²) in [5.74, 6) is -0.262. The van der Waals surface area contributed by atoms with Crippen molar-refractivity contribution in [3.05, 3.63) is 86.8 Å². The summed E-state index contributed by atoms with van der Waals surface area (Å²) in [6.07, 6.45) is 5.10. The van der Waals surface area contributed by atoms with E-state index in [1.807, 2.05) is 31.2 Å². The number of aryl methyl sites for hydroxylation is 1. The van der Waals surface area contributed by atoms with E-state index in [4.69, 9.17) is 4.74 Å². The Hall–Kier alpha value is -2.89. The van der Waals surface area contributed by atoms with Crippen molar-refractivity contribution in [2.24, 2.45) is 0 Å². The maximum absolute atomic E-state index is 14.1. The van der Waals surface area contributed by atoms with Crippen LogP contribution in [-0.4, -0.2) is 50.9 Å². The van der Waals surface area contributed by atoms with Crippen LogP contribution in [-0.2, 0) is 26.2 Å². The Morgan fingerprint density at radius 2 is 1.63 bits per heavy atom. The smallest absolute Gasteiger partial charge is 0.264 e. The Morgan fingerprint density at radius 1 is 0.977 bits per heavy atom. The van der Waals surface area contributed by atoms with E-state index in [1.165, 1.54) is 24.1 Å². The predicted octanol–water partition coefficient (Wildman–Crippen LogP) is 6.59. The second-order valence-electron chi connectivity index (χ2n) is 10.8. The van der Waals surface area contributed by atoms with Crippen LogP contribution < -0.4 is 14.4 Å². The molecule has 3 aromatic carbocycles. The Kier molecular flexibility index (Phi) is 11.3. The number of nitrogens with zero attached hydrogens (tertiary/aromatic N) is 2. The number of amides is 2. The summed E-state index contributed by atoms with van der Waals surface area (Å²) in [6.45, 7) is 3.25. The first-order chi connectivity index (χ1) is 20.5. The standard InChI is InChI=1S/C32H37Br2N3O5S/c1-22-9-15-27(16-10-22)37(43(40,41)28-17-18-30(42-3)29(34)19-28)21-31(38)36(20-24-11-13-25(33)14-12-24)23(2)32(39)35-26-7-5-4-6-8-26/h9-19,23,26H,4-8,20-21H2,1-3H3,(H,35,39)/t23-/m1/s1. The molecule has 4 rings (SSSR count). The Morgan fingerprint density at radius 3 is 2.23 bits per heavy atom. The molecule has 0 bridgehead atoms. The van der Waals surface area contributed by atoms with Gasteiger partial charge in [0.1, 0.15) is 18.3 Å². The molecule has 0 radical (unpaired) electrons. The number of hydrogen-bond donors (Lipinski definition) is 1. The highest BCUT2D eigenvalue weighted by Gasteiger charge is 2.33. The van der Waals surface area contributed by atoms with E-state index < -0.39 is 28.5 Å². The van der Waals surface area contributed by atoms with Crippen LogP contribution in [0, 0.1) is 6.92 Å². The van der Waals surface area contributed by atoms with Crippen LogP contribution in [0.2, 0.25) is 0 Å². The summed E-state index contributed by atoms with van der Waals surface area (Å²) in [7, 11) is -2.70. The van der Waals surface area contributed by atoms with Gasteiger partial charge in [-0.15, -0.1) is 0 Å². The zero-order chi connectivity index (χ0) is 31.1. The van der Waals surface area contributed by atoms with Crippen LogP contribution in [0.3, 0.4) is 0 Å². The monoisotopic (exact) mass is 733 g/mol. The summed E-state index contributed by atoms with van der Waals surface area (Å²) in [5, 5.41) is 3.12. The lowest BCUT2D eigenvalue weighted by Gasteiger charge is -2.33. The van der Waals surface area contributed by atoms with E-state index in [-0.39, 0.29) is 23.4 Å². The lowest BCUT2D eigenvalue weighted by molar-refractivity contribution is -0.139. The number of carbonyl (C=O) groups excluding carboxylic acids is 2. The molecule has 1 aliphatic rings. The van der Waals surface area contributed by atoms with Crippen LogP contribution in [0.1, 0.15) is 50.2 Å². The van der Waals surface area contributed by atoms with Crippen LogP contribution in [0.25, 0.3) is 0 Å². The molecule has 1 aliphatic carbocycles. The molecule has 11 heteroatoms. The highest BCUT2D eigenvalue weighted by atomic mass is 79.9. The Labute approximate surface area is 271 Å². The first kappa shape index (κ1) is 33.0. The molecule has 0 spiro atoms. The number of hydrogen-bond acceptors (Lipinski definition) is 5. The van der Waals surface area contributed by atoms with Gasteiger partial charge in [-0.05, 0) is 90.6 Å². The third kappa shape index (κ3) is 8.39. The molecule has 1 N–H and O–H groups in total. The molecular formula is C32H37Br2N3O5S. The summed E-state index contributed by atoms with van der Waals surface area (Å²) >= 11 is 6.82. The van der Waals surface area contributed by atoms with E-state index in [2.05, 4.69) is 37.2 Å². The second-order valence-corrected chi connectivity index (χ2v) is 14.4. The molecule has 0 heterocycles. The van der Waals surface area contributed by atoms with Crippen LogP contribution >= 0.6 is 31.9 Å². The minimum atomic E-state index is -4.20. The summed E-state index contributed by atoms with van der Waals surface area (Å²) in [4.78, 5) is 29.1. The van der Waals surface area contributed by atoms with Crippen molar-refractivity contribution >= 4 is 59.4 Å². The first-order valence-corrected chi connectivity index (χ1v) is 17.3. The maximum Gasteiger partial charge on any atom is 0.264 e.